The van der Waals surface area contributed by atoms with Crippen molar-refractivity contribution in [2.24, 2.45) is 11.3 Å². The molecule has 4 aromatic rings. The standard InChI is InChI=1S/C50H56N2O6S2/c1-10-48(4,5)25-26-50(8,9)60-28-39(54)52-37-22-20-31(41-43(37)47(58)35-18-14-12-16-33(35)45(41)56)30-19-21-36(51-38(53)27-59-49(6,7)24-23-29(2)3)42-40(30)44(55)32-15-11-13-17-34(32)46(42)57/h11-22,29H,10,23-28H2,1-9H3,(H,51,53)(H,52,54). The van der Waals surface area contributed by atoms with Crippen LogP contribution in [-0.4, -0.2) is 55.9 Å². The molecule has 0 saturated carbocycles. The van der Waals surface area contributed by atoms with Crippen LogP contribution in [0, 0.1) is 11.3 Å². The predicted octanol–water partition coefficient (Wildman–Crippen LogP) is 11.5. The Bertz CT molecular complexity index is 2410. The van der Waals surface area contributed by atoms with Gasteiger partial charge in [0, 0.05) is 42.9 Å². The van der Waals surface area contributed by atoms with Crippen LogP contribution in [0.4, 0.5) is 11.4 Å². The quantitative estimate of drug-likeness (QED) is 0.0986. The minimum Gasteiger partial charge on any atom is -0.325 e. The Labute approximate surface area is 362 Å². The van der Waals surface area contributed by atoms with Crippen molar-refractivity contribution >= 4 is 69.8 Å². The van der Waals surface area contributed by atoms with Gasteiger partial charge >= 0.3 is 0 Å². The summed E-state index contributed by atoms with van der Waals surface area (Å²) in [5, 5.41) is 5.87. The summed E-state index contributed by atoms with van der Waals surface area (Å²) >= 11 is 3.08. The van der Waals surface area contributed by atoms with Crippen LogP contribution in [0.1, 0.15) is 158 Å². The molecule has 2 aliphatic rings. The lowest BCUT2D eigenvalue weighted by atomic mass is 9.75. The van der Waals surface area contributed by atoms with Crippen molar-refractivity contribution in [3.05, 3.63) is 117 Å². The summed E-state index contributed by atoms with van der Waals surface area (Å²) in [4.78, 5) is 85.2. The van der Waals surface area contributed by atoms with Crippen molar-refractivity contribution in [1.82, 2.24) is 0 Å². The summed E-state index contributed by atoms with van der Waals surface area (Å²) in [6, 6.07) is 19.5. The van der Waals surface area contributed by atoms with Crippen LogP contribution in [0.25, 0.3) is 11.1 Å². The molecule has 8 nitrogen and oxygen atoms in total. The largest absolute Gasteiger partial charge is 0.325 e. The fraction of sp³-hybridized carbons (Fsp3) is 0.400. The minimum atomic E-state index is -0.446. The maximum absolute atomic E-state index is 14.6. The first-order valence-corrected chi connectivity index (χ1v) is 22.8. The monoisotopic (exact) mass is 844 g/mol. The smallest absolute Gasteiger partial charge is 0.234 e. The number of carbonyl (C=O) groups is 6. The molecule has 0 fully saturated rings. The molecule has 60 heavy (non-hydrogen) atoms. The van der Waals surface area contributed by atoms with Gasteiger partial charge < -0.3 is 10.6 Å². The van der Waals surface area contributed by atoms with Gasteiger partial charge in [0.2, 0.25) is 11.8 Å². The number of nitrogens with one attached hydrogen (secondary N) is 2. The van der Waals surface area contributed by atoms with Crippen LogP contribution < -0.4 is 10.6 Å². The van der Waals surface area contributed by atoms with E-state index in [0.29, 0.717) is 5.92 Å². The normalized spacial score (nSPS) is 13.8. The van der Waals surface area contributed by atoms with Crippen LogP contribution in [-0.2, 0) is 9.59 Å². The maximum Gasteiger partial charge on any atom is 0.234 e. The van der Waals surface area contributed by atoms with E-state index < -0.39 is 23.1 Å². The van der Waals surface area contributed by atoms with Gasteiger partial charge in [-0.25, -0.2) is 0 Å². The van der Waals surface area contributed by atoms with Crippen molar-refractivity contribution in [3.63, 3.8) is 0 Å². The number of ketones is 4. The number of hydrogen-bond donors (Lipinski definition) is 2. The summed E-state index contributed by atoms with van der Waals surface area (Å²) in [6.07, 6.45) is 4.96. The summed E-state index contributed by atoms with van der Waals surface area (Å²) < 4.78 is -0.321. The van der Waals surface area contributed by atoms with E-state index in [-0.39, 0.29) is 105 Å². The number of fused-ring (bicyclic) bond motifs is 4. The number of benzene rings is 4. The SMILES string of the molecule is CCC(C)(C)CCC(C)(C)SCC(=O)Nc1ccc(-c2ccc(NC(=O)CSC(C)(C)CCC(C)C)c3c2C(=O)c2ccccc2C3=O)c2c1C(=O)c1ccccc1C2=O. The lowest BCUT2D eigenvalue weighted by Gasteiger charge is -2.30. The highest BCUT2D eigenvalue weighted by atomic mass is 32.2. The molecule has 0 aromatic heterocycles. The first-order chi connectivity index (χ1) is 28.2. The number of hydrogen-bond acceptors (Lipinski definition) is 8. The Morgan fingerprint density at radius 1 is 0.517 bits per heavy atom. The Kier molecular flexibility index (Phi) is 13.2. The second-order valence-electron chi connectivity index (χ2n) is 18.4. The number of rotatable bonds is 16. The topological polar surface area (TPSA) is 126 Å². The highest BCUT2D eigenvalue weighted by Gasteiger charge is 2.39. The van der Waals surface area contributed by atoms with Gasteiger partial charge in [-0.2, -0.15) is 0 Å². The molecule has 0 saturated heterocycles. The average molecular weight is 845 g/mol. The molecular weight excluding hydrogens is 789 g/mol. The van der Waals surface area contributed by atoms with E-state index in [1.165, 1.54) is 11.8 Å². The molecule has 0 radical (unpaired) electrons. The Hall–Kier alpha value is -4.80. The lowest BCUT2D eigenvalue weighted by Crippen LogP contribution is -2.28. The molecule has 10 heteroatoms. The maximum atomic E-state index is 14.6. The van der Waals surface area contributed by atoms with Gasteiger partial charge in [0.15, 0.2) is 23.1 Å². The molecule has 0 heterocycles. The molecule has 314 valence electrons. The highest BCUT2D eigenvalue weighted by molar-refractivity contribution is 8.01. The van der Waals surface area contributed by atoms with Crippen LogP contribution in [0.15, 0.2) is 72.8 Å². The third-order valence-electron chi connectivity index (χ3n) is 11.9. The third-order valence-corrected chi connectivity index (χ3v) is 14.6. The molecule has 0 aliphatic heterocycles. The number of thioether (sulfide) groups is 2. The van der Waals surface area contributed by atoms with Crippen molar-refractivity contribution in [3.8, 4) is 11.1 Å². The molecular formula is C50H56N2O6S2. The van der Waals surface area contributed by atoms with E-state index in [0.717, 1.165) is 32.1 Å². The molecule has 0 bridgehead atoms. The van der Waals surface area contributed by atoms with Crippen LogP contribution >= 0.6 is 23.5 Å². The van der Waals surface area contributed by atoms with E-state index in [1.807, 2.05) is 0 Å². The van der Waals surface area contributed by atoms with E-state index >= 15 is 0 Å². The molecule has 0 spiro atoms. The van der Waals surface area contributed by atoms with Crippen molar-refractivity contribution in [1.29, 1.82) is 0 Å². The molecule has 6 rings (SSSR count). The van der Waals surface area contributed by atoms with Gasteiger partial charge in [-0.3, -0.25) is 28.8 Å². The zero-order chi connectivity index (χ0) is 43.7. The summed E-state index contributed by atoms with van der Waals surface area (Å²) in [7, 11) is 0. The van der Waals surface area contributed by atoms with Crippen LogP contribution in [0.3, 0.4) is 0 Å². The fourth-order valence-electron chi connectivity index (χ4n) is 7.59. The number of amides is 2. The van der Waals surface area contributed by atoms with Gasteiger partial charge in [0.1, 0.15) is 0 Å². The van der Waals surface area contributed by atoms with Gasteiger partial charge in [-0.05, 0) is 60.3 Å². The first kappa shape index (κ1) is 44.7. The van der Waals surface area contributed by atoms with Gasteiger partial charge in [-0.1, -0.05) is 129 Å². The van der Waals surface area contributed by atoms with Crippen molar-refractivity contribution < 1.29 is 28.8 Å². The molecule has 0 atom stereocenters. The van der Waals surface area contributed by atoms with E-state index in [9.17, 15) is 28.8 Å². The fourth-order valence-corrected chi connectivity index (χ4v) is 9.29. The highest BCUT2D eigenvalue weighted by Crippen LogP contribution is 2.44. The lowest BCUT2D eigenvalue weighted by molar-refractivity contribution is -0.114. The van der Waals surface area contributed by atoms with Crippen molar-refractivity contribution in [2.45, 2.75) is 104 Å². The van der Waals surface area contributed by atoms with E-state index in [4.69, 9.17) is 0 Å². The molecule has 2 N–H and O–H groups in total. The van der Waals surface area contributed by atoms with Gasteiger partial charge in [-0.15, -0.1) is 23.5 Å². The zero-order valence-electron chi connectivity index (χ0n) is 36.2. The predicted molar refractivity (Wildman–Crippen MR) is 246 cm³/mol. The summed E-state index contributed by atoms with van der Waals surface area (Å²) in [6.45, 7) is 19.5. The zero-order valence-corrected chi connectivity index (χ0v) is 37.9. The molecule has 4 aromatic carbocycles. The van der Waals surface area contributed by atoms with E-state index in [1.54, 1.807) is 84.6 Å². The Morgan fingerprint density at radius 3 is 1.25 bits per heavy atom. The van der Waals surface area contributed by atoms with E-state index in [2.05, 4.69) is 72.9 Å². The number of anilines is 2. The molecule has 2 amide bonds. The number of carbonyl (C=O) groups excluding carboxylic acids is 6. The second kappa shape index (κ2) is 17.7. The van der Waals surface area contributed by atoms with Crippen LogP contribution in [0.5, 0.6) is 0 Å². The Balaban J connectivity index is 1.41. The first-order valence-electron chi connectivity index (χ1n) is 20.8. The summed E-state index contributed by atoms with van der Waals surface area (Å²) in [5.74, 6) is -1.58. The molecule has 2 aliphatic carbocycles. The third kappa shape index (κ3) is 9.55. The van der Waals surface area contributed by atoms with Gasteiger partial charge in [0.05, 0.1) is 34.0 Å². The molecule has 0 unspecified atom stereocenters. The van der Waals surface area contributed by atoms with Crippen LogP contribution in [0.2, 0.25) is 0 Å². The summed E-state index contributed by atoms with van der Waals surface area (Å²) in [5.41, 5.74) is 2.04. The van der Waals surface area contributed by atoms with Crippen molar-refractivity contribution in [2.75, 3.05) is 22.1 Å². The Morgan fingerprint density at radius 2 is 0.883 bits per heavy atom. The minimum absolute atomic E-state index is 0.0247. The van der Waals surface area contributed by atoms with Gasteiger partial charge in [0.25, 0.3) is 0 Å². The second-order valence-corrected chi connectivity index (χ2v) is 21.7. The average Bonchev–Trinajstić information content (AvgIpc) is 3.22.